The summed E-state index contributed by atoms with van der Waals surface area (Å²) in [6, 6.07) is 2.42. The van der Waals surface area contributed by atoms with Crippen LogP contribution in [-0.2, 0) is 6.42 Å². The Morgan fingerprint density at radius 2 is 1.88 bits per heavy atom. The SMILES string of the molecule is CCC(CC)n1ccc(CC(CO)CO)n1. The fraction of sp³-hybridized carbons (Fsp3) is 0.750. The molecule has 92 valence electrons. The summed E-state index contributed by atoms with van der Waals surface area (Å²) in [5.41, 5.74) is 0.944. The van der Waals surface area contributed by atoms with Gasteiger partial charge in [-0.15, -0.1) is 0 Å². The first kappa shape index (κ1) is 13.2. The average molecular weight is 226 g/mol. The van der Waals surface area contributed by atoms with Crippen molar-refractivity contribution in [3.63, 3.8) is 0 Å². The van der Waals surface area contributed by atoms with Crippen molar-refractivity contribution in [3.8, 4) is 0 Å². The highest BCUT2D eigenvalue weighted by molar-refractivity contribution is 5.01. The van der Waals surface area contributed by atoms with Gasteiger partial charge >= 0.3 is 0 Å². The van der Waals surface area contributed by atoms with E-state index >= 15 is 0 Å². The first-order valence-corrected chi connectivity index (χ1v) is 6.00. The molecule has 0 saturated heterocycles. The fourth-order valence-electron chi connectivity index (χ4n) is 1.84. The maximum Gasteiger partial charge on any atom is 0.0629 e. The third kappa shape index (κ3) is 3.32. The minimum Gasteiger partial charge on any atom is -0.396 e. The number of aliphatic hydroxyl groups excluding tert-OH is 2. The lowest BCUT2D eigenvalue weighted by Crippen LogP contribution is -2.15. The van der Waals surface area contributed by atoms with Crippen molar-refractivity contribution in [3.05, 3.63) is 18.0 Å². The van der Waals surface area contributed by atoms with Gasteiger partial charge in [0.05, 0.1) is 11.7 Å². The lowest BCUT2D eigenvalue weighted by molar-refractivity contribution is 0.149. The molecule has 4 heteroatoms. The van der Waals surface area contributed by atoms with Crippen molar-refractivity contribution in [2.24, 2.45) is 5.92 Å². The molecular formula is C12H22N2O2. The predicted octanol–water partition coefficient (Wildman–Crippen LogP) is 1.39. The zero-order chi connectivity index (χ0) is 12.0. The van der Waals surface area contributed by atoms with Crippen molar-refractivity contribution in [1.29, 1.82) is 0 Å². The van der Waals surface area contributed by atoms with E-state index in [1.165, 1.54) is 0 Å². The number of aliphatic hydroxyl groups is 2. The van der Waals surface area contributed by atoms with Crippen LogP contribution in [-0.4, -0.2) is 33.2 Å². The molecule has 0 aliphatic heterocycles. The van der Waals surface area contributed by atoms with Crippen LogP contribution in [0, 0.1) is 5.92 Å². The fourth-order valence-corrected chi connectivity index (χ4v) is 1.84. The van der Waals surface area contributed by atoms with Crippen LogP contribution in [0.4, 0.5) is 0 Å². The molecule has 1 aromatic rings. The van der Waals surface area contributed by atoms with Crippen LogP contribution in [0.5, 0.6) is 0 Å². The summed E-state index contributed by atoms with van der Waals surface area (Å²) in [5.74, 6) is -0.0925. The van der Waals surface area contributed by atoms with Crippen LogP contribution in [0.25, 0.3) is 0 Å². The Kier molecular flexibility index (Phi) is 5.49. The second-order valence-electron chi connectivity index (χ2n) is 4.19. The minimum atomic E-state index is -0.0925. The number of nitrogens with zero attached hydrogens (tertiary/aromatic N) is 2. The van der Waals surface area contributed by atoms with Crippen LogP contribution >= 0.6 is 0 Å². The van der Waals surface area contributed by atoms with E-state index in [4.69, 9.17) is 10.2 Å². The quantitative estimate of drug-likeness (QED) is 0.738. The van der Waals surface area contributed by atoms with Gasteiger partial charge in [-0.3, -0.25) is 4.68 Å². The van der Waals surface area contributed by atoms with Gasteiger partial charge in [0.2, 0.25) is 0 Å². The zero-order valence-corrected chi connectivity index (χ0v) is 10.1. The number of hydrogen-bond acceptors (Lipinski definition) is 3. The third-order valence-corrected chi connectivity index (χ3v) is 2.99. The van der Waals surface area contributed by atoms with Crippen LogP contribution in [0.1, 0.15) is 38.4 Å². The molecular weight excluding hydrogens is 204 g/mol. The Balaban J connectivity index is 2.63. The molecule has 0 atom stereocenters. The Labute approximate surface area is 96.9 Å². The molecule has 0 saturated carbocycles. The summed E-state index contributed by atoms with van der Waals surface area (Å²) < 4.78 is 1.99. The highest BCUT2D eigenvalue weighted by Gasteiger charge is 2.11. The molecule has 1 rings (SSSR count). The summed E-state index contributed by atoms with van der Waals surface area (Å²) in [6.07, 6.45) is 4.76. The Hall–Kier alpha value is -0.870. The van der Waals surface area contributed by atoms with Crippen molar-refractivity contribution < 1.29 is 10.2 Å². The van der Waals surface area contributed by atoms with Crippen molar-refractivity contribution in [1.82, 2.24) is 9.78 Å². The first-order chi connectivity index (χ1) is 7.74. The van der Waals surface area contributed by atoms with E-state index in [9.17, 15) is 0 Å². The van der Waals surface area contributed by atoms with Gasteiger partial charge in [0.1, 0.15) is 0 Å². The van der Waals surface area contributed by atoms with Gasteiger partial charge in [-0.05, 0) is 25.3 Å². The van der Waals surface area contributed by atoms with Gasteiger partial charge in [-0.1, -0.05) is 13.8 Å². The Bertz CT molecular complexity index is 291. The van der Waals surface area contributed by atoms with Crippen LogP contribution in [0.15, 0.2) is 12.3 Å². The molecule has 2 N–H and O–H groups in total. The number of hydrogen-bond donors (Lipinski definition) is 2. The number of rotatable bonds is 7. The van der Waals surface area contributed by atoms with Gasteiger partial charge in [-0.25, -0.2) is 0 Å². The first-order valence-electron chi connectivity index (χ1n) is 6.00. The summed E-state index contributed by atoms with van der Waals surface area (Å²) in [7, 11) is 0. The largest absolute Gasteiger partial charge is 0.396 e. The van der Waals surface area contributed by atoms with Gasteiger partial charge in [0.15, 0.2) is 0 Å². The molecule has 1 heterocycles. The molecule has 0 aromatic carbocycles. The molecule has 0 unspecified atom stereocenters. The molecule has 0 radical (unpaired) electrons. The second-order valence-corrected chi connectivity index (χ2v) is 4.19. The lowest BCUT2D eigenvalue weighted by Gasteiger charge is -2.13. The summed E-state index contributed by atoms with van der Waals surface area (Å²) in [6.45, 7) is 4.32. The maximum absolute atomic E-state index is 9.00. The van der Waals surface area contributed by atoms with Crippen molar-refractivity contribution in [2.75, 3.05) is 13.2 Å². The maximum atomic E-state index is 9.00. The summed E-state index contributed by atoms with van der Waals surface area (Å²) in [4.78, 5) is 0. The summed E-state index contributed by atoms with van der Waals surface area (Å²) >= 11 is 0. The monoisotopic (exact) mass is 226 g/mol. The highest BCUT2D eigenvalue weighted by atomic mass is 16.3. The van der Waals surface area contributed by atoms with Gasteiger partial charge < -0.3 is 10.2 Å². The molecule has 4 nitrogen and oxygen atoms in total. The Morgan fingerprint density at radius 1 is 1.25 bits per heavy atom. The van der Waals surface area contributed by atoms with Crippen molar-refractivity contribution >= 4 is 0 Å². The normalized spacial score (nSPS) is 11.6. The average Bonchev–Trinajstić information content (AvgIpc) is 2.76. The molecule has 0 aliphatic carbocycles. The third-order valence-electron chi connectivity index (χ3n) is 2.99. The van der Waals surface area contributed by atoms with Gasteiger partial charge in [0, 0.05) is 25.3 Å². The molecule has 0 fully saturated rings. The van der Waals surface area contributed by atoms with E-state index in [0.29, 0.717) is 12.5 Å². The smallest absolute Gasteiger partial charge is 0.0629 e. The summed E-state index contributed by atoms with van der Waals surface area (Å²) in [5, 5.41) is 22.5. The van der Waals surface area contributed by atoms with Crippen LogP contribution in [0.3, 0.4) is 0 Å². The van der Waals surface area contributed by atoms with Crippen LogP contribution < -0.4 is 0 Å². The second kappa shape index (κ2) is 6.66. The van der Waals surface area contributed by atoms with E-state index in [1.54, 1.807) is 0 Å². The molecule has 0 aliphatic rings. The standard InChI is InChI=1S/C12H22N2O2/c1-3-12(4-2)14-6-5-11(13-14)7-10(8-15)9-16/h5-6,10,12,15-16H,3-4,7-9H2,1-2H3. The molecule has 1 aromatic heterocycles. The van der Waals surface area contributed by atoms with Gasteiger partial charge in [-0.2, -0.15) is 5.10 Å². The topological polar surface area (TPSA) is 58.3 Å². The van der Waals surface area contributed by atoms with E-state index in [0.717, 1.165) is 18.5 Å². The van der Waals surface area contributed by atoms with E-state index in [2.05, 4.69) is 18.9 Å². The molecule has 16 heavy (non-hydrogen) atoms. The van der Waals surface area contributed by atoms with Crippen LogP contribution in [0.2, 0.25) is 0 Å². The molecule has 0 spiro atoms. The minimum absolute atomic E-state index is 0.00828. The molecule has 0 bridgehead atoms. The van der Waals surface area contributed by atoms with Gasteiger partial charge in [0.25, 0.3) is 0 Å². The van der Waals surface area contributed by atoms with Crippen molar-refractivity contribution in [2.45, 2.75) is 39.2 Å². The van der Waals surface area contributed by atoms with E-state index in [-0.39, 0.29) is 19.1 Å². The predicted molar refractivity (Wildman–Crippen MR) is 63.2 cm³/mol. The molecule has 0 amide bonds. The number of aromatic nitrogens is 2. The zero-order valence-electron chi connectivity index (χ0n) is 10.1. The van der Waals surface area contributed by atoms with E-state index in [1.807, 2.05) is 16.9 Å². The van der Waals surface area contributed by atoms with E-state index < -0.39 is 0 Å². The lowest BCUT2D eigenvalue weighted by atomic mass is 10.1. The Morgan fingerprint density at radius 3 is 2.38 bits per heavy atom. The highest BCUT2D eigenvalue weighted by Crippen LogP contribution is 2.15.